The topological polar surface area (TPSA) is 38.0 Å². The van der Waals surface area contributed by atoms with Gasteiger partial charge in [0.2, 0.25) is 0 Å². The lowest BCUT2D eigenvalue weighted by Crippen LogP contribution is -2.22. The maximum atomic E-state index is 6.01. The van der Waals surface area contributed by atoms with E-state index in [1.54, 1.807) is 12.1 Å². The first kappa shape index (κ1) is 12.6. The van der Waals surface area contributed by atoms with Crippen molar-refractivity contribution in [2.24, 2.45) is 11.7 Å². The second-order valence-corrected chi connectivity index (χ2v) is 4.36. The number of nitrogens with two attached hydrogens (primary N) is 1. The minimum Gasteiger partial charge on any atom is -0.383 e. The monoisotopic (exact) mass is 246 g/mol. The lowest BCUT2D eigenvalue weighted by Gasteiger charge is -2.15. The van der Waals surface area contributed by atoms with Gasteiger partial charge in [0.15, 0.2) is 0 Å². The molecule has 0 saturated heterocycles. The van der Waals surface area contributed by atoms with Gasteiger partial charge in [0.1, 0.15) is 0 Å². The SMILES string of the molecule is CCC(CN)CNc1cc(Cl)ccc1Cl. The van der Waals surface area contributed by atoms with E-state index >= 15 is 0 Å². The minimum absolute atomic E-state index is 0.472. The van der Waals surface area contributed by atoms with Crippen LogP contribution in [0.15, 0.2) is 18.2 Å². The highest BCUT2D eigenvalue weighted by atomic mass is 35.5. The van der Waals surface area contributed by atoms with E-state index in [1.807, 2.05) is 6.07 Å². The van der Waals surface area contributed by atoms with E-state index in [9.17, 15) is 0 Å². The van der Waals surface area contributed by atoms with Crippen LogP contribution in [0.25, 0.3) is 0 Å². The van der Waals surface area contributed by atoms with Crippen molar-refractivity contribution < 1.29 is 0 Å². The number of anilines is 1. The van der Waals surface area contributed by atoms with Crippen molar-refractivity contribution in [3.63, 3.8) is 0 Å². The normalized spacial score (nSPS) is 12.5. The van der Waals surface area contributed by atoms with Crippen LogP contribution in [0.2, 0.25) is 10.0 Å². The van der Waals surface area contributed by atoms with Gasteiger partial charge in [-0.05, 0) is 30.7 Å². The summed E-state index contributed by atoms with van der Waals surface area (Å²) in [6.07, 6.45) is 1.06. The van der Waals surface area contributed by atoms with Crippen LogP contribution >= 0.6 is 23.2 Å². The van der Waals surface area contributed by atoms with Gasteiger partial charge >= 0.3 is 0 Å². The Morgan fingerprint density at radius 2 is 2.13 bits per heavy atom. The molecular weight excluding hydrogens is 231 g/mol. The van der Waals surface area contributed by atoms with E-state index < -0.39 is 0 Å². The zero-order valence-corrected chi connectivity index (χ0v) is 10.3. The number of hydrogen-bond donors (Lipinski definition) is 2. The van der Waals surface area contributed by atoms with Crippen molar-refractivity contribution in [3.8, 4) is 0 Å². The first-order chi connectivity index (χ1) is 7.17. The van der Waals surface area contributed by atoms with Crippen LogP contribution in [0, 0.1) is 5.92 Å². The Balaban J connectivity index is 2.60. The summed E-state index contributed by atoms with van der Waals surface area (Å²) in [6.45, 7) is 3.63. The average Bonchev–Trinajstić information content (AvgIpc) is 2.24. The lowest BCUT2D eigenvalue weighted by atomic mass is 10.1. The van der Waals surface area contributed by atoms with Gasteiger partial charge in [-0.2, -0.15) is 0 Å². The predicted octanol–water partition coefficient (Wildman–Crippen LogP) is 3.39. The third kappa shape index (κ3) is 3.90. The van der Waals surface area contributed by atoms with Gasteiger partial charge in [0.25, 0.3) is 0 Å². The maximum Gasteiger partial charge on any atom is 0.0638 e. The Bertz CT molecular complexity index is 311. The van der Waals surface area contributed by atoms with Gasteiger partial charge in [-0.25, -0.2) is 0 Å². The average molecular weight is 247 g/mol. The smallest absolute Gasteiger partial charge is 0.0638 e. The molecule has 0 aliphatic heterocycles. The van der Waals surface area contributed by atoms with Gasteiger partial charge in [-0.1, -0.05) is 36.5 Å². The quantitative estimate of drug-likeness (QED) is 0.836. The number of rotatable bonds is 5. The molecule has 0 heterocycles. The molecule has 0 bridgehead atoms. The summed E-state index contributed by atoms with van der Waals surface area (Å²) in [4.78, 5) is 0. The Morgan fingerprint density at radius 1 is 1.40 bits per heavy atom. The fourth-order valence-electron chi connectivity index (χ4n) is 1.28. The zero-order chi connectivity index (χ0) is 11.3. The first-order valence-corrected chi connectivity index (χ1v) is 5.82. The molecule has 0 saturated carbocycles. The lowest BCUT2D eigenvalue weighted by molar-refractivity contribution is 0.548. The van der Waals surface area contributed by atoms with Crippen LogP contribution in [0.3, 0.4) is 0 Å². The summed E-state index contributed by atoms with van der Waals surface area (Å²) >= 11 is 11.9. The number of halogens is 2. The van der Waals surface area contributed by atoms with Gasteiger partial charge in [-0.3, -0.25) is 0 Å². The number of benzene rings is 1. The Morgan fingerprint density at radius 3 is 2.73 bits per heavy atom. The molecule has 84 valence electrons. The maximum absolute atomic E-state index is 6.01. The van der Waals surface area contributed by atoms with Crippen LogP contribution in [-0.2, 0) is 0 Å². The van der Waals surface area contributed by atoms with Gasteiger partial charge < -0.3 is 11.1 Å². The third-order valence-corrected chi connectivity index (χ3v) is 2.98. The van der Waals surface area contributed by atoms with Crippen LogP contribution in [0.5, 0.6) is 0 Å². The molecule has 1 rings (SSSR count). The molecule has 0 radical (unpaired) electrons. The second-order valence-electron chi connectivity index (χ2n) is 3.52. The summed E-state index contributed by atoms with van der Waals surface area (Å²) in [5.74, 6) is 0.472. The molecule has 1 aromatic rings. The fraction of sp³-hybridized carbons (Fsp3) is 0.455. The Hall–Kier alpha value is -0.440. The summed E-state index contributed by atoms with van der Waals surface area (Å²) in [7, 11) is 0. The molecule has 1 aromatic carbocycles. The highest BCUT2D eigenvalue weighted by molar-refractivity contribution is 6.35. The highest BCUT2D eigenvalue weighted by Gasteiger charge is 2.05. The summed E-state index contributed by atoms with van der Waals surface area (Å²) in [5.41, 5.74) is 6.49. The van der Waals surface area contributed by atoms with Crippen molar-refractivity contribution in [3.05, 3.63) is 28.2 Å². The molecule has 4 heteroatoms. The van der Waals surface area contributed by atoms with E-state index in [1.165, 1.54) is 0 Å². The highest BCUT2D eigenvalue weighted by Crippen LogP contribution is 2.25. The van der Waals surface area contributed by atoms with Gasteiger partial charge in [0.05, 0.1) is 10.7 Å². The van der Waals surface area contributed by atoms with Crippen molar-refractivity contribution in [2.45, 2.75) is 13.3 Å². The van der Waals surface area contributed by atoms with Crippen molar-refractivity contribution >= 4 is 28.9 Å². The molecule has 0 spiro atoms. The van der Waals surface area contributed by atoms with E-state index in [0.717, 1.165) is 18.7 Å². The van der Waals surface area contributed by atoms with Gasteiger partial charge in [0, 0.05) is 11.6 Å². The van der Waals surface area contributed by atoms with Gasteiger partial charge in [-0.15, -0.1) is 0 Å². The molecule has 0 aliphatic carbocycles. The standard InChI is InChI=1S/C11H16Cl2N2/c1-2-8(6-14)7-15-11-5-9(12)3-4-10(11)13/h3-5,8,15H,2,6-7,14H2,1H3. The first-order valence-electron chi connectivity index (χ1n) is 5.06. The molecule has 0 aliphatic rings. The third-order valence-electron chi connectivity index (χ3n) is 2.42. The molecule has 2 nitrogen and oxygen atoms in total. The summed E-state index contributed by atoms with van der Waals surface area (Å²) in [6, 6.07) is 5.39. The second kappa shape index (κ2) is 6.21. The molecule has 0 amide bonds. The Labute approximate surface area is 101 Å². The van der Waals surface area contributed by atoms with Crippen molar-refractivity contribution in [1.82, 2.24) is 0 Å². The summed E-state index contributed by atoms with van der Waals surface area (Å²) < 4.78 is 0. The number of nitrogens with one attached hydrogen (secondary N) is 1. The van der Waals surface area contributed by atoms with E-state index in [0.29, 0.717) is 22.5 Å². The van der Waals surface area contributed by atoms with Crippen molar-refractivity contribution in [2.75, 3.05) is 18.4 Å². The van der Waals surface area contributed by atoms with Crippen LogP contribution < -0.4 is 11.1 Å². The predicted molar refractivity (Wildman–Crippen MR) is 67.8 cm³/mol. The molecule has 0 fully saturated rings. The largest absolute Gasteiger partial charge is 0.383 e. The molecule has 1 unspecified atom stereocenters. The molecular formula is C11H16Cl2N2. The zero-order valence-electron chi connectivity index (χ0n) is 8.76. The summed E-state index contributed by atoms with van der Waals surface area (Å²) in [5, 5.41) is 4.63. The van der Waals surface area contributed by atoms with Crippen LogP contribution in [0.4, 0.5) is 5.69 Å². The van der Waals surface area contributed by atoms with Crippen molar-refractivity contribution in [1.29, 1.82) is 0 Å². The molecule has 3 N–H and O–H groups in total. The fourth-order valence-corrected chi connectivity index (χ4v) is 1.64. The van der Waals surface area contributed by atoms with E-state index in [-0.39, 0.29) is 0 Å². The van der Waals surface area contributed by atoms with E-state index in [4.69, 9.17) is 28.9 Å². The molecule has 1 atom stereocenters. The number of hydrogen-bond acceptors (Lipinski definition) is 2. The van der Waals surface area contributed by atoms with E-state index in [2.05, 4.69) is 12.2 Å². The molecule has 15 heavy (non-hydrogen) atoms. The Kier molecular flexibility index (Phi) is 5.23. The van der Waals surface area contributed by atoms with Crippen LogP contribution in [-0.4, -0.2) is 13.1 Å². The minimum atomic E-state index is 0.472. The molecule has 0 aromatic heterocycles. The van der Waals surface area contributed by atoms with Crippen LogP contribution in [0.1, 0.15) is 13.3 Å².